The van der Waals surface area contributed by atoms with E-state index < -0.39 is 5.97 Å². The molecule has 7 heteroatoms. The molecular weight excluding hydrogens is 304 g/mol. The number of carbonyl (C=O) groups excluding carboxylic acids is 1. The molecule has 114 valence electrons. The number of pyridine rings is 1. The van der Waals surface area contributed by atoms with Crippen LogP contribution in [-0.2, 0) is 9.47 Å². The maximum absolute atomic E-state index is 11.9. The largest absolute Gasteiger partial charge is 0.466 e. The van der Waals surface area contributed by atoms with Crippen molar-refractivity contribution >= 4 is 23.0 Å². The van der Waals surface area contributed by atoms with Gasteiger partial charge in [-0.25, -0.2) is 9.78 Å². The van der Waals surface area contributed by atoms with E-state index in [2.05, 4.69) is 4.98 Å². The maximum atomic E-state index is 11.9. The molecule has 22 heavy (non-hydrogen) atoms. The molecule has 0 aromatic carbocycles. The normalized spacial score (nSPS) is 10.8. The predicted octanol–water partition coefficient (Wildman–Crippen LogP) is 2.83. The van der Waals surface area contributed by atoms with E-state index in [-0.39, 0.29) is 6.79 Å². The van der Waals surface area contributed by atoms with Gasteiger partial charge < -0.3 is 14.2 Å². The summed E-state index contributed by atoms with van der Waals surface area (Å²) in [6, 6.07) is 7.57. The maximum Gasteiger partial charge on any atom is 0.351 e. The average Bonchev–Trinajstić information content (AvgIpc) is 3.15. The first-order valence-electron chi connectivity index (χ1n) is 6.51. The zero-order valence-corrected chi connectivity index (χ0v) is 12.9. The minimum absolute atomic E-state index is 0.0628. The topological polar surface area (TPSA) is 62.1 Å². The van der Waals surface area contributed by atoms with Crippen LogP contribution in [0.25, 0.3) is 16.2 Å². The van der Waals surface area contributed by atoms with E-state index in [1.54, 1.807) is 12.3 Å². The molecule has 0 aliphatic heterocycles. The number of nitrogens with zero attached hydrogens (tertiary/aromatic N) is 2. The van der Waals surface area contributed by atoms with Gasteiger partial charge in [-0.1, -0.05) is 6.07 Å². The Morgan fingerprint density at radius 1 is 1.36 bits per heavy atom. The zero-order valence-electron chi connectivity index (χ0n) is 12.1. The highest BCUT2D eigenvalue weighted by Gasteiger charge is 2.20. The molecule has 0 fully saturated rings. The van der Waals surface area contributed by atoms with E-state index in [4.69, 9.17) is 14.2 Å². The predicted molar refractivity (Wildman–Crippen MR) is 82.3 cm³/mol. The van der Waals surface area contributed by atoms with Gasteiger partial charge in [-0.15, -0.1) is 11.3 Å². The molecule has 0 amide bonds. The monoisotopic (exact) mass is 318 g/mol. The molecule has 0 atom stereocenters. The van der Waals surface area contributed by atoms with Gasteiger partial charge in [0, 0.05) is 19.4 Å². The fourth-order valence-corrected chi connectivity index (χ4v) is 3.11. The van der Waals surface area contributed by atoms with E-state index in [9.17, 15) is 4.79 Å². The molecule has 6 nitrogen and oxygen atoms in total. The van der Waals surface area contributed by atoms with Gasteiger partial charge >= 0.3 is 5.97 Å². The van der Waals surface area contributed by atoms with Gasteiger partial charge in [0.25, 0.3) is 0 Å². The number of hydrogen-bond acceptors (Lipinski definition) is 6. The Kier molecular flexibility index (Phi) is 4.08. The molecule has 3 heterocycles. The van der Waals surface area contributed by atoms with Gasteiger partial charge in [0.1, 0.15) is 11.4 Å². The van der Waals surface area contributed by atoms with Crippen LogP contribution in [0.3, 0.4) is 0 Å². The molecule has 0 saturated heterocycles. The molecule has 0 aliphatic carbocycles. The van der Waals surface area contributed by atoms with Crippen molar-refractivity contribution in [2.75, 3.05) is 21.0 Å². The van der Waals surface area contributed by atoms with E-state index in [1.807, 2.05) is 28.8 Å². The van der Waals surface area contributed by atoms with Crippen molar-refractivity contribution in [1.29, 1.82) is 0 Å². The zero-order chi connectivity index (χ0) is 15.5. The summed E-state index contributed by atoms with van der Waals surface area (Å²) >= 11 is 1.30. The number of thiophene rings is 1. The Hall–Kier alpha value is -2.38. The molecule has 0 bridgehead atoms. The smallest absolute Gasteiger partial charge is 0.351 e. The van der Waals surface area contributed by atoms with E-state index >= 15 is 0 Å². The number of carbonyl (C=O) groups is 1. The summed E-state index contributed by atoms with van der Waals surface area (Å²) in [5, 5.41) is 0. The van der Waals surface area contributed by atoms with Gasteiger partial charge in [-0.2, -0.15) is 0 Å². The minimum atomic E-state index is -0.434. The summed E-state index contributed by atoms with van der Waals surface area (Å²) in [5.41, 5.74) is 1.72. The summed E-state index contributed by atoms with van der Waals surface area (Å²) in [5.74, 6) is 0.00996. The van der Waals surface area contributed by atoms with Gasteiger partial charge in [0.15, 0.2) is 11.7 Å². The number of hydrogen-bond donors (Lipinski definition) is 0. The second-order valence-corrected chi connectivity index (χ2v) is 5.47. The van der Waals surface area contributed by atoms with E-state index in [0.29, 0.717) is 10.6 Å². The quantitative estimate of drug-likeness (QED) is 0.535. The Morgan fingerprint density at radius 2 is 2.23 bits per heavy atom. The van der Waals surface area contributed by atoms with Crippen molar-refractivity contribution in [3.8, 4) is 16.3 Å². The number of imidazole rings is 1. The van der Waals surface area contributed by atoms with Crippen LogP contribution < -0.4 is 4.74 Å². The lowest BCUT2D eigenvalue weighted by molar-refractivity contribution is 0.0473. The lowest BCUT2D eigenvalue weighted by Crippen LogP contribution is -2.04. The van der Waals surface area contributed by atoms with Gasteiger partial charge in [0.2, 0.25) is 0 Å². The number of fused-ring (bicyclic) bond motifs is 1. The first-order chi connectivity index (χ1) is 10.7. The Labute approximate surface area is 130 Å². The van der Waals surface area contributed by atoms with Gasteiger partial charge in [0.05, 0.1) is 23.9 Å². The number of esters is 1. The summed E-state index contributed by atoms with van der Waals surface area (Å²) in [4.78, 5) is 17.5. The average molecular weight is 318 g/mol. The summed E-state index contributed by atoms with van der Waals surface area (Å²) in [7, 11) is 2.87. The molecule has 3 rings (SSSR count). The Morgan fingerprint density at radius 3 is 3.00 bits per heavy atom. The third-order valence-electron chi connectivity index (χ3n) is 3.07. The molecule has 0 N–H and O–H groups in total. The Balaban J connectivity index is 2.07. The van der Waals surface area contributed by atoms with Crippen LogP contribution in [0.5, 0.6) is 5.75 Å². The lowest BCUT2D eigenvalue weighted by atomic mass is 10.3. The molecule has 3 aromatic rings. The highest BCUT2D eigenvalue weighted by molar-refractivity contribution is 7.17. The van der Waals surface area contributed by atoms with Crippen LogP contribution in [0.15, 0.2) is 36.7 Å². The number of ether oxygens (including phenoxy) is 3. The summed E-state index contributed by atoms with van der Waals surface area (Å²) in [6.45, 7) is 0.0628. The van der Waals surface area contributed by atoms with Crippen molar-refractivity contribution in [2.24, 2.45) is 0 Å². The molecule has 0 saturated carbocycles. The fourth-order valence-electron chi connectivity index (χ4n) is 2.08. The van der Waals surface area contributed by atoms with Crippen LogP contribution >= 0.6 is 11.3 Å². The van der Waals surface area contributed by atoms with Crippen LogP contribution in [0.4, 0.5) is 0 Å². The van der Waals surface area contributed by atoms with Crippen LogP contribution in [0.2, 0.25) is 0 Å². The fraction of sp³-hybridized carbons (Fsp3) is 0.200. The summed E-state index contributed by atoms with van der Waals surface area (Å²) < 4.78 is 17.1. The highest BCUT2D eigenvalue weighted by atomic mass is 32.1. The van der Waals surface area contributed by atoms with Crippen molar-refractivity contribution in [2.45, 2.75) is 0 Å². The van der Waals surface area contributed by atoms with E-state index in [1.165, 1.54) is 25.6 Å². The minimum Gasteiger partial charge on any atom is -0.466 e. The molecule has 0 aliphatic rings. The van der Waals surface area contributed by atoms with E-state index in [0.717, 1.165) is 16.2 Å². The van der Waals surface area contributed by atoms with Gasteiger partial charge in [-0.05, 0) is 12.1 Å². The van der Waals surface area contributed by atoms with Crippen LogP contribution in [0.1, 0.15) is 9.67 Å². The molecule has 3 aromatic heterocycles. The van der Waals surface area contributed by atoms with Crippen LogP contribution in [-0.4, -0.2) is 36.4 Å². The standard InChI is InChI=1S/C15H14N2O4S/c1-19-9-21-11-7-12(22-14(11)15(18)20-2)10-8-16-13-5-3-4-6-17(10)13/h3-8H,9H2,1-2H3. The van der Waals surface area contributed by atoms with Gasteiger partial charge in [-0.3, -0.25) is 4.40 Å². The number of methoxy groups -OCH3 is 2. The SMILES string of the molecule is COCOc1cc(-c2cnc3ccccn23)sc1C(=O)OC. The van der Waals surface area contributed by atoms with Crippen molar-refractivity contribution < 1.29 is 19.0 Å². The van der Waals surface area contributed by atoms with Crippen molar-refractivity contribution in [3.05, 3.63) is 41.5 Å². The summed E-state index contributed by atoms with van der Waals surface area (Å²) in [6.07, 6.45) is 3.69. The molecule has 0 spiro atoms. The Bertz CT molecular complexity index is 809. The van der Waals surface area contributed by atoms with Crippen molar-refractivity contribution in [1.82, 2.24) is 9.38 Å². The first kappa shape index (κ1) is 14.6. The highest BCUT2D eigenvalue weighted by Crippen LogP contribution is 2.37. The molecule has 0 radical (unpaired) electrons. The number of aromatic nitrogens is 2. The van der Waals surface area contributed by atoms with Crippen LogP contribution in [0, 0.1) is 0 Å². The number of rotatable bonds is 5. The lowest BCUT2D eigenvalue weighted by Gasteiger charge is -2.03. The second kappa shape index (κ2) is 6.17. The van der Waals surface area contributed by atoms with Crippen molar-refractivity contribution in [3.63, 3.8) is 0 Å². The molecule has 0 unspecified atom stereocenters. The molecular formula is C15H14N2O4S. The first-order valence-corrected chi connectivity index (χ1v) is 7.32. The third kappa shape index (κ3) is 2.56. The third-order valence-corrected chi connectivity index (χ3v) is 4.19. The second-order valence-electron chi connectivity index (χ2n) is 4.42.